The standard InChI is InChI=1S/C14H16N2O4/c1-3-7-11(17)20-12(10-8-5-4-6-9-10)13(18)16-14(19)15-2/h3-9,12H,1-2H3,(H2,15,16,18,19)/b7-3+/t12-/m0/s1. The van der Waals surface area contributed by atoms with Crippen LogP contribution in [0.25, 0.3) is 0 Å². The predicted octanol–water partition coefficient (Wildman–Crippen LogP) is 1.30. The number of carbonyl (C=O) groups excluding carboxylic acids is 3. The Labute approximate surface area is 116 Å². The third-order valence-electron chi connectivity index (χ3n) is 2.34. The van der Waals surface area contributed by atoms with Crippen molar-refractivity contribution < 1.29 is 19.1 Å². The smallest absolute Gasteiger partial charge is 0.331 e. The van der Waals surface area contributed by atoms with Gasteiger partial charge in [-0.1, -0.05) is 36.4 Å². The molecule has 0 heterocycles. The van der Waals surface area contributed by atoms with Crippen LogP contribution in [0.3, 0.4) is 0 Å². The van der Waals surface area contributed by atoms with Gasteiger partial charge in [-0.15, -0.1) is 0 Å². The number of esters is 1. The summed E-state index contributed by atoms with van der Waals surface area (Å²) in [5.74, 6) is -1.37. The molecule has 0 saturated heterocycles. The number of benzene rings is 1. The van der Waals surface area contributed by atoms with E-state index in [1.807, 2.05) is 0 Å². The van der Waals surface area contributed by atoms with Crippen molar-refractivity contribution in [2.75, 3.05) is 7.05 Å². The molecule has 1 aromatic carbocycles. The Kier molecular flexibility index (Phi) is 5.96. The van der Waals surface area contributed by atoms with Gasteiger partial charge in [0.2, 0.25) is 6.10 Å². The summed E-state index contributed by atoms with van der Waals surface area (Å²) in [5.41, 5.74) is 0.478. The summed E-state index contributed by atoms with van der Waals surface area (Å²) in [7, 11) is 1.38. The van der Waals surface area contributed by atoms with Crippen LogP contribution >= 0.6 is 0 Å². The highest BCUT2D eigenvalue weighted by Gasteiger charge is 2.25. The minimum atomic E-state index is -1.18. The number of allylic oxidation sites excluding steroid dienone is 1. The van der Waals surface area contributed by atoms with Crippen molar-refractivity contribution in [2.24, 2.45) is 0 Å². The first kappa shape index (κ1) is 15.4. The number of carbonyl (C=O) groups is 3. The molecule has 0 aliphatic carbocycles. The van der Waals surface area contributed by atoms with Gasteiger partial charge in [-0.2, -0.15) is 0 Å². The zero-order valence-corrected chi connectivity index (χ0v) is 11.3. The molecule has 3 amide bonds. The Morgan fingerprint density at radius 3 is 2.40 bits per heavy atom. The maximum absolute atomic E-state index is 12.0. The van der Waals surface area contributed by atoms with Crippen LogP contribution in [0.15, 0.2) is 42.5 Å². The molecule has 0 unspecified atom stereocenters. The van der Waals surface area contributed by atoms with E-state index in [1.54, 1.807) is 37.3 Å². The van der Waals surface area contributed by atoms with Crippen LogP contribution in [-0.2, 0) is 14.3 Å². The van der Waals surface area contributed by atoms with Crippen LogP contribution in [0, 0.1) is 0 Å². The van der Waals surface area contributed by atoms with E-state index in [4.69, 9.17) is 4.74 Å². The van der Waals surface area contributed by atoms with Crippen LogP contribution in [0.2, 0.25) is 0 Å². The molecule has 0 radical (unpaired) electrons. The molecular weight excluding hydrogens is 260 g/mol. The van der Waals surface area contributed by atoms with Gasteiger partial charge >= 0.3 is 12.0 Å². The number of hydrogen-bond donors (Lipinski definition) is 2. The normalized spacial score (nSPS) is 11.7. The molecule has 0 fully saturated rings. The number of imide groups is 1. The van der Waals surface area contributed by atoms with E-state index in [2.05, 4.69) is 10.6 Å². The number of ether oxygens (including phenoxy) is 1. The molecule has 6 heteroatoms. The van der Waals surface area contributed by atoms with Crippen LogP contribution in [0.5, 0.6) is 0 Å². The first-order valence-corrected chi connectivity index (χ1v) is 5.99. The second-order valence-electron chi connectivity index (χ2n) is 3.80. The van der Waals surface area contributed by atoms with Gasteiger partial charge < -0.3 is 10.1 Å². The Morgan fingerprint density at radius 2 is 1.85 bits per heavy atom. The first-order chi connectivity index (χ1) is 9.58. The third-order valence-corrected chi connectivity index (χ3v) is 2.34. The average molecular weight is 276 g/mol. The summed E-state index contributed by atoms with van der Waals surface area (Å²) in [6, 6.07) is 7.79. The molecule has 0 aromatic heterocycles. The molecule has 2 N–H and O–H groups in total. The number of nitrogens with one attached hydrogen (secondary N) is 2. The molecule has 0 bridgehead atoms. The number of urea groups is 1. The lowest BCUT2D eigenvalue weighted by Crippen LogP contribution is -2.41. The number of hydrogen-bond acceptors (Lipinski definition) is 4. The van der Waals surface area contributed by atoms with E-state index < -0.39 is 24.0 Å². The zero-order valence-electron chi connectivity index (χ0n) is 11.3. The summed E-state index contributed by atoms with van der Waals surface area (Å²) in [5, 5.41) is 4.34. The van der Waals surface area contributed by atoms with Gasteiger partial charge in [-0.25, -0.2) is 9.59 Å². The second-order valence-corrected chi connectivity index (χ2v) is 3.80. The Morgan fingerprint density at radius 1 is 1.20 bits per heavy atom. The summed E-state index contributed by atoms with van der Waals surface area (Å²) in [6.45, 7) is 1.66. The van der Waals surface area contributed by atoms with Crippen molar-refractivity contribution in [1.82, 2.24) is 10.6 Å². The van der Waals surface area contributed by atoms with Gasteiger partial charge in [0.1, 0.15) is 0 Å². The van der Waals surface area contributed by atoms with E-state index >= 15 is 0 Å². The Bertz CT molecular complexity index is 511. The summed E-state index contributed by atoms with van der Waals surface area (Å²) in [6.07, 6.45) is 1.52. The van der Waals surface area contributed by atoms with Crippen LogP contribution in [-0.4, -0.2) is 25.0 Å². The van der Waals surface area contributed by atoms with Gasteiger partial charge in [-0.05, 0) is 6.92 Å². The van der Waals surface area contributed by atoms with Crippen molar-refractivity contribution in [3.8, 4) is 0 Å². The molecular formula is C14H16N2O4. The summed E-state index contributed by atoms with van der Waals surface area (Å²) in [4.78, 5) is 34.6. The Balaban J connectivity index is 2.92. The summed E-state index contributed by atoms with van der Waals surface area (Å²) >= 11 is 0. The van der Waals surface area contributed by atoms with Crippen LogP contribution in [0.4, 0.5) is 4.79 Å². The highest BCUT2D eigenvalue weighted by Crippen LogP contribution is 2.17. The first-order valence-electron chi connectivity index (χ1n) is 5.99. The van der Waals surface area contributed by atoms with Crippen molar-refractivity contribution in [1.29, 1.82) is 0 Å². The number of amides is 3. The summed E-state index contributed by atoms with van der Waals surface area (Å²) < 4.78 is 5.07. The van der Waals surface area contributed by atoms with E-state index in [9.17, 15) is 14.4 Å². The highest BCUT2D eigenvalue weighted by molar-refractivity contribution is 5.98. The number of rotatable bonds is 4. The second kappa shape index (κ2) is 7.73. The molecule has 106 valence electrons. The van der Waals surface area contributed by atoms with E-state index in [-0.39, 0.29) is 0 Å². The van der Waals surface area contributed by atoms with Crippen molar-refractivity contribution in [3.05, 3.63) is 48.0 Å². The minimum absolute atomic E-state index is 0.478. The molecule has 6 nitrogen and oxygen atoms in total. The van der Waals surface area contributed by atoms with Crippen molar-refractivity contribution in [2.45, 2.75) is 13.0 Å². The molecule has 0 saturated carbocycles. The monoisotopic (exact) mass is 276 g/mol. The van der Waals surface area contributed by atoms with E-state index in [0.29, 0.717) is 5.56 Å². The zero-order chi connectivity index (χ0) is 15.0. The van der Waals surface area contributed by atoms with E-state index in [0.717, 1.165) is 0 Å². The third kappa shape index (κ3) is 4.56. The predicted molar refractivity (Wildman–Crippen MR) is 72.7 cm³/mol. The minimum Gasteiger partial charge on any atom is -0.444 e. The van der Waals surface area contributed by atoms with Crippen molar-refractivity contribution in [3.63, 3.8) is 0 Å². The quantitative estimate of drug-likeness (QED) is 0.641. The van der Waals surface area contributed by atoms with Gasteiger partial charge in [0.25, 0.3) is 5.91 Å². The van der Waals surface area contributed by atoms with Gasteiger partial charge in [-0.3, -0.25) is 10.1 Å². The van der Waals surface area contributed by atoms with Crippen LogP contribution in [0.1, 0.15) is 18.6 Å². The maximum Gasteiger partial charge on any atom is 0.331 e. The van der Waals surface area contributed by atoms with Crippen LogP contribution < -0.4 is 10.6 Å². The molecule has 0 aliphatic rings. The fourth-order valence-electron chi connectivity index (χ4n) is 1.43. The lowest BCUT2D eigenvalue weighted by atomic mass is 10.1. The fraction of sp³-hybridized carbons (Fsp3) is 0.214. The van der Waals surface area contributed by atoms with E-state index in [1.165, 1.54) is 19.2 Å². The highest BCUT2D eigenvalue weighted by atomic mass is 16.5. The average Bonchev–Trinajstić information content (AvgIpc) is 2.45. The molecule has 0 spiro atoms. The topological polar surface area (TPSA) is 84.5 Å². The molecule has 0 aliphatic heterocycles. The molecule has 1 aromatic rings. The fourth-order valence-corrected chi connectivity index (χ4v) is 1.43. The SMILES string of the molecule is C/C=C/C(=O)O[C@H](C(=O)NC(=O)NC)c1ccccc1. The largest absolute Gasteiger partial charge is 0.444 e. The Hall–Kier alpha value is -2.63. The maximum atomic E-state index is 12.0. The molecule has 1 atom stereocenters. The lowest BCUT2D eigenvalue weighted by Gasteiger charge is -2.16. The van der Waals surface area contributed by atoms with Gasteiger partial charge in [0, 0.05) is 18.7 Å². The van der Waals surface area contributed by atoms with Crippen molar-refractivity contribution >= 4 is 17.9 Å². The van der Waals surface area contributed by atoms with Gasteiger partial charge in [0.05, 0.1) is 0 Å². The molecule has 1 rings (SSSR count). The van der Waals surface area contributed by atoms with Gasteiger partial charge in [0.15, 0.2) is 0 Å². The lowest BCUT2D eigenvalue weighted by molar-refractivity contribution is -0.151. The molecule has 20 heavy (non-hydrogen) atoms.